The predicted molar refractivity (Wildman–Crippen MR) is 64.3 cm³/mol. The zero-order chi connectivity index (χ0) is 10.1. The van der Waals surface area contributed by atoms with Gasteiger partial charge in [-0.1, -0.05) is 71.1 Å². The summed E-state index contributed by atoms with van der Waals surface area (Å²) in [5, 5.41) is 0. The molecule has 0 heterocycles. The first-order valence-corrected chi connectivity index (χ1v) is 6.75. The fourth-order valence-electron chi connectivity index (χ4n) is 2.49. The molecule has 1 saturated carbocycles. The minimum atomic E-state index is 1.03. The second-order valence-corrected chi connectivity index (χ2v) is 4.88. The van der Waals surface area contributed by atoms with Crippen LogP contribution in [0.1, 0.15) is 77.6 Å². The van der Waals surface area contributed by atoms with E-state index in [9.17, 15) is 0 Å². The van der Waals surface area contributed by atoms with Crippen LogP contribution in [0.5, 0.6) is 0 Å². The quantitative estimate of drug-likeness (QED) is 0.533. The van der Waals surface area contributed by atoms with Gasteiger partial charge in [0.05, 0.1) is 0 Å². The lowest BCUT2D eigenvalue weighted by molar-refractivity contribution is 0.382. The zero-order valence-electron chi connectivity index (χ0n) is 9.93. The fraction of sp³-hybridized carbons (Fsp3) is 0.929. The van der Waals surface area contributed by atoms with Crippen LogP contribution in [0, 0.1) is 12.3 Å². The van der Waals surface area contributed by atoms with E-state index >= 15 is 0 Å². The molecular weight excluding hydrogens is 168 g/mol. The maximum Gasteiger partial charge on any atom is -0.0383 e. The number of unbranched alkanes of at least 4 members (excludes halogenated alkanes) is 3. The van der Waals surface area contributed by atoms with E-state index in [1.165, 1.54) is 70.6 Å². The van der Waals surface area contributed by atoms with Gasteiger partial charge in [-0.25, -0.2) is 0 Å². The Bertz CT molecular complexity index is 109. The molecule has 0 aliphatic heterocycles. The molecule has 1 rings (SSSR count). The van der Waals surface area contributed by atoms with Gasteiger partial charge >= 0.3 is 0 Å². The maximum atomic E-state index is 2.55. The molecule has 1 unspecified atom stereocenters. The van der Waals surface area contributed by atoms with Crippen molar-refractivity contribution >= 4 is 0 Å². The lowest BCUT2D eigenvalue weighted by Gasteiger charge is -2.19. The summed E-state index contributed by atoms with van der Waals surface area (Å²) in [6, 6.07) is 0. The van der Waals surface area contributed by atoms with Crippen LogP contribution in [0.25, 0.3) is 0 Å². The largest absolute Gasteiger partial charge is 0.0654 e. The summed E-state index contributed by atoms with van der Waals surface area (Å²) in [5.41, 5.74) is 0. The summed E-state index contributed by atoms with van der Waals surface area (Å²) < 4.78 is 0. The normalized spacial score (nSPS) is 20.4. The average Bonchev–Trinajstić information content (AvgIpc) is 2.15. The number of hydrogen-bond donors (Lipinski definition) is 0. The second kappa shape index (κ2) is 8.32. The fourth-order valence-corrected chi connectivity index (χ4v) is 2.49. The highest BCUT2D eigenvalue weighted by Crippen LogP contribution is 2.25. The topological polar surface area (TPSA) is 0 Å². The Labute approximate surface area is 90.5 Å². The van der Waals surface area contributed by atoms with Gasteiger partial charge < -0.3 is 0 Å². The van der Waals surface area contributed by atoms with Crippen molar-refractivity contribution in [2.24, 2.45) is 5.92 Å². The first-order valence-electron chi connectivity index (χ1n) is 6.75. The van der Waals surface area contributed by atoms with Crippen molar-refractivity contribution in [1.29, 1.82) is 0 Å². The maximum absolute atomic E-state index is 2.55. The first kappa shape index (κ1) is 12.1. The highest BCUT2D eigenvalue weighted by atomic mass is 14.2. The Hall–Kier alpha value is 0. The van der Waals surface area contributed by atoms with Crippen molar-refractivity contribution in [1.82, 2.24) is 0 Å². The third-order valence-corrected chi connectivity index (χ3v) is 3.49. The Morgan fingerprint density at radius 1 is 1.07 bits per heavy atom. The van der Waals surface area contributed by atoms with Crippen LogP contribution in [0.4, 0.5) is 0 Å². The number of hydrogen-bond acceptors (Lipinski definition) is 0. The molecule has 83 valence electrons. The molecule has 0 aromatic rings. The van der Waals surface area contributed by atoms with Crippen molar-refractivity contribution in [2.75, 3.05) is 0 Å². The van der Waals surface area contributed by atoms with Gasteiger partial charge in [0.15, 0.2) is 0 Å². The molecule has 1 atom stereocenters. The molecule has 0 bridgehead atoms. The van der Waals surface area contributed by atoms with Crippen LogP contribution in [-0.4, -0.2) is 0 Å². The van der Waals surface area contributed by atoms with Crippen molar-refractivity contribution in [3.05, 3.63) is 6.42 Å². The molecular formula is C14H27. The molecule has 0 saturated heterocycles. The van der Waals surface area contributed by atoms with Crippen molar-refractivity contribution in [2.45, 2.75) is 77.6 Å². The molecule has 0 amide bonds. The smallest absolute Gasteiger partial charge is 0.0383 e. The minimum absolute atomic E-state index is 1.03. The van der Waals surface area contributed by atoms with Crippen LogP contribution in [-0.2, 0) is 0 Å². The van der Waals surface area contributed by atoms with E-state index in [1.54, 1.807) is 0 Å². The van der Waals surface area contributed by atoms with E-state index in [2.05, 4.69) is 13.3 Å². The average molecular weight is 195 g/mol. The van der Waals surface area contributed by atoms with Gasteiger partial charge in [0.25, 0.3) is 0 Å². The van der Waals surface area contributed by atoms with Gasteiger partial charge in [0.2, 0.25) is 0 Å². The molecule has 1 aliphatic carbocycles. The standard InChI is InChI=1S/C14H27/c1-2-3-4-8-11-14-12-9-6-5-7-10-13-14/h9,14H,2-8,10-13H2,1H3. The molecule has 0 aromatic heterocycles. The van der Waals surface area contributed by atoms with Gasteiger partial charge in [-0.2, -0.15) is 0 Å². The van der Waals surface area contributed by atoms with Gasteiger partial charge in [-0.3, -0.25) is 0 Å². The minimum Gasteiger partial charge on any atom is -0.0654 e. The van der Waals surface area contributed by atoms with Crippen LogP contribution < -0.4 is 0 Å². The second-order valence-electron chi connectivity index (χ2n) is 4.88. The van der Waals surface area contributed by atoms with Gasteiger partial charge in [-0.15, -0.1) is 0 Å². The lowest BCUT2D eigenvalue weighted by atomic mass is 9.87. The van der Waals surface area contributed by atoms with Crippen molar-refractivity contribution in [3.8, 4) is 0 Å². The third kappa shape index (κ3) is 5.67. The highest BCUT2D eigenvalue weighted by Gasteiger charge is 2.10. The molecule has 0 heteroatoms. The van der Waals surface area contributed by atoms with E-state index in [4.69, 9.17) is 0 Å². The molecule has 0 nitrogen and oxygen atoms in total. The van der Waals surface area contributed by atoms with Crippen LogP contribution in [0.2, 0.25) is 0 Å². The Morgan fingerprint density at radius 2 is 2.00 bits per heavy atom. The summed E-state index contributed by atoms with van der Waals surface area (Å²) in [6.45, 7) is 2.30. The molecule has 0 aromatic carbocycles. The van der Waals surface area contributed by atoms with Crippen LogP contribution >= 0.6 is 0 Å². The van der Waals surface area contributed by atoms with Crippen LogP contribution in [0.3, 0.4) is 0 Å². The summed E-state index contributed by atoms with van der Waals surface area (Å²) in [4.78, 5) is 0. The first-order chi connectivity index (χ1) is 6.93. The Balaban J connectivity index is 2.02. The lowest BCUT2D eigenvalue weighted by Crippen LogP contribution is -2.04. The summed E-state index contributed by atoms with van der Waals surface area (Å²) in [6.07, 6.45) is 18.5. The summed E-state index contributed by atoms with van der Waals surface area (Å²) in [7, 11) is 0. The Morgan fingerprint density at radius 3 is 2.86 bits per heavy atom. The van der Waals surface area contributed by atoms with E-state index in [-0.39, 0.29) is 0 Å². The van der Waals surface area contributed by atoms with Gasteiger partial charge in [-0.05, 0) is 18.8 Å². The van der Waals surface area contributed by atoms with Crippen molar-refractivity contribution in [3.63, 3.8) is 0 Å². The van der Waals surface area contributed by atoms with Gasteiger partial charge in [0.1, 0.15) is 0 Å². The predicted octanol–water partition coefficient (Wildman–Crippen LogP) is 5.13. The monoisotopic (exact) mass is 195 g/mol. The van der Waals surface area contributed by atoms with Crippen LogP contribution in [0.15, 0.2) is 0 Å². The third-order valence-electron chi connectivity index (χ3n) is 3.49. The molecule has 1 aliphatic rings. The van der Waals surface area contributed by atoms with E-state index in [0.717, 1.165) is 5.92 Å². The molecule has 0 spiro atoms. The van der Waals surface area contributed by atoms with E-state index in [1.807, 2.05) is 0 Å². The summed E-state index contributed by atoms with van der Waals surface area (Å²) in [5.74, 6) is 1.03. The molecule has 1 fully saturated rings. The van der Waals surface area contributed by atoms with E-state index in [0.29, 0.717) is 0 Å². The SMILES string of the molecule is CCCCCCC1C[CH]CCCCC1. The molecule has 1 radical (unpaired) electrons. The Kier molecular flexibility index (Phi) is 7.17. The zero-order valence-corrected chi connectivity index (χ0v) is 9.93. The summed E-state index contributed by atoms with van der Waals surface area (Å²) >= 11 is 0. The van der Waals surface area contributed by atoms with E-state index < -0.39 is 0 Å². The van der Waals surface area contributed by atoms with Crippen molar-refractivity contribution < 1.29 is 0 Å². The highest BCUT2D eigenvalue weighted by molar-refractivity contribution is 4.74. The molecule has 0 N–H and O–H groups in total. The number of rotatable bonds is 5. The molecule has 14 heavy (non-hydrogen) atoms. The van der Waals surface area contributed by atoms with Gasteiger partial charge in [0, 0.05) is 0 Å².